The summed E-state index contributed by atoms with van der Waals surface area (Å²) in [5.41, 5.74) is 11.4. The molecule has 184 valence electrons. The van der Waals surface area contributed by atoms with Gasteiger partial charge in [0.15, 0.2) is 0 Å². The number of nitrogens with two attached hydrogens (primary N) is 2. The first kappa shape index (κ1) is 27.5. The number of aromatic amines is 1. The van der Waals surface area contributed by atoms with E-state index < -0.39 is 54.2 Å². The van der Waals surface area contributed by atoms with Crippen molar-refractivity contribution in [2.45, 2.75) is 56.7 Å². The molecule has 0 aliphatic carbocycles. The van der Waals surface area contributed by atoms with Gasteiger partial charge in [0.25, 0.3) is 0 Å². The van der Waals surface area contributed by atoms with Crippen LogP contribution in [0.25, 0.3) is 0 Å². The summed E-state index contributed by atoms with van der Waals surface area (Å²) in [5, 5.41) is 25.4. The highest BCUT2D eigenvalue weighted by molar-refractivity contribution is 5.93. The van der Waals surface area contributed by atoms with Crippen LogP contribution in [-0.2, 0) is 30.4 Å². The molecule has 0 radical (unpaired) electrons. The van der Waals surface area contributed by atoms with Crippen LogP contribution in [0.3, 0.4) is 0 Å². The second-order valence-electron chi connectivity index (χ2n) is 7.28. The topological polar surface area (TPSA) is 243 Å². The summed E-state index contributed by atoms with van der Waals surface area (Å²) in [7, 11) is 0. The molecule has 0 saturated carbocycles. The minimum absolute atomic E-state index is 0.0467. The van der Waals surface area contributed by atoms with Crippen LogP contribution in [0, 0.1) is 0 Å². The zero-order chi connectivity index (χ0) is 24.8. The number of H-pyrrole nitrogens is 1. The number of carbonyl (C=O) groups is 5. The summed E-state index contributed by atoms with van der Waals surface area (Å²) in [5.74, 6) is -4.66. The van der Waals surface area contributed by atoms with Crippen molar-refractivity contribution < 1.29 is 34.2 Å². The molecule has 1 aromatic rings. The van der Waals surface area contributed by atoms with Crippen molar-refractivity contribution in [2.75, 3.05) is 13.1 Å². The quantitative estimate of drug-likeness (QED) is 0.118. The number of carboxylic acids is 2. The van der Waals surface area contributed by atoms with Crippen molar-refractivity contribution in [3.8, 4) is 0 Å². The maximum absolute atomic E-state index is 12.9. The van der Waals surface area contributed by atoms with E-state index in [0.717, 1.165) is 0 Å². The Balaban J connectivity index is 2.95. The number of hydrogen-bond donors (Lipinski definition) is 8. The van der Waals surface area contributed by atoms with E-state index in [1.165, 1.54) is 12.5 Å². The van der Waals surface area contributed by atoms with Gasteiger partial charge in [-0.05, 0) is 32.2 Å². The third-order valence-corrected chi connectivity index (χ3v) is 4.66. The molecule has 0 aromatic carbocycles. The maximum Gasteiger partial charge on any atom is 0.326 e. The third-order valence-electron chi connectivity index (χ3n) is 4.66. The summed E-state index contributed by atoms with van der Waals surface area (Å²) >= 11 is 0. The molecule has 0 aliphatic heterocycles. The van der Waals surface area contributed by atoms with Crippen molar-refractivity contribution in [3.63, 3.8) is 0 Å². The fraction of sp³-hybridized carbons (Fsp3) is 0.579. The number of unbranched alkanes of at least 4 members (excludes halogenated alkanes) is 1. The van der Waals surface area contributed by atoms with Crippen molar-refractivity contribution in [2.24, 2.45) is 11.5 Å². The minimum Gasteiger partial charge on any atom is -0.481 e. The number of rotatable bonds is 16. The Morgan fingerprint density at radius 2 is 1.61 bits per heavy atom. The molecule has 1 aromatic heterocycles. The summed E-state index contributed by atoms with van der Waals surface area (Å²) in [6.07, 6.45) is 3.31. The second-order valence-corrected chi connectivity index (χ2v) is 7.28. The third kappa shape index (κ3) is 10.6. The molecule has 14 heteroatoms. The first-order valence-electron chi connectivity index (χ1n) is 10.4. The molecule has 14 nitrogen and oxygen atoms in total. The molecule has 0 bridgehead atoms. The average molecular weight is 469 g/mol. The molecular formula is C19H31N7O7. The van der Waals surface area contributed by atoms with Crippen LogP contribution in [0.1, 0.15) is 37.8 Å². The highest BCUT2D eigenvalue weighted by Crippen LogP contribution is 2.06. The van der Waals surface area contributed by atoms with Gasteiger partial charge in [-0.15, -0.1) is 0 Å². The van der Waals surface area contributed by atoms with Gasteiger partial charge in [-0.2, -0.15) is 0 Å². The van der Waals surface area contributed by atoms with E-state index in [1.54, 1.807) is 0 Å². The lowest BCUT2D eigenvalue weighted by atomic mass is 10.0. The molecular weight excluding hydrogens is 438 g/mol. The van der Waals surface area contributed by atoms with E-state index in [0.29, 0.717) is 25.1 Å². The number of aliphatic carboxylic acids is 2. The molecule has 0 fully saturated rings. The Bertz CT molecular complexity index is 800. The zero-order valence-corrected chi connectivity index (χ0v) is 18.1. The van der Waals surface area contributed by atoms with E-state index in [2.05, 4.69) is 25.9 Å². The van der Waals surface area contributed by atoms with Gasteiger partial charge in [-0.25, -0.2) is 9.78 Å². The van der Waals surface area contributed by atoms with Gasteiger partial charge in [-0.3, -0.25) is 19.2 Å². The Hall–Kier alpha value is -3.52. The summed E-state index contributed by atoms with van der Waals surface area (Å²) in [6, 6.07) is -3.65. The molecule has 3 amide bonds. The lowest BCUT2D eigenvalue weighted by molar-refractivity contribution is -0.143. The standard InChI is InChI=1S/C19H31N7O7/c20-6-2-1-3-12(17(30)26-13(19(32)33)4-5-16(28)29)25-18(31)14(24-15(27)8-21)7-11-9-22-10-23-11/h9-10,12-14H,1-8,20-21H2,(H,22,23)(H,24,27)(H,25,31)(H,26,30)(H,28,29)(H,32,33). The van der Waals surface area contributed by atoms with Crippen LogP contribution < -0.4 is 27.4 Å². The highest BCUT2D eigenvalue weighted by atomic mass is 16.4. The fourth-order valence-electron chi connectivity index (χ4n) is 2.91. The Kier molecular flexibility index (Phi) is 12.1. The molecule has 10 N–H and O–H groups in total. The van der Waals surface area contributed by atoms with Gasteiger partial charge in [0, 0.05) is 24.7 Å². The number of aromatic nitrogens is 2. The van der Waals surface area contributed by atoms with Crippen molar-refractivity contribution in [3.05, 3.63) is 18.2 Å². The number of imidazole rings is 1. The van der Waals surface area contributed by atoms with Gasteiger partial charge in [0.1, 0.15) is 18.1 Å². The Morgan fingerprint density at radius 3 is 2.15 bits per heavy atom. The van der Waals surface area contributed by atoms with Crippen LogP contribution in [-0.4, -0.2) is 81.1 Å². The largest absolute Gasteiger partial charge is 0.481 e. The summed E-state index contributed by atoms with van der Waals surface area (Å²) < 4.78 is 0. The lowest BCUT2D eigenvalue weighted by Gasteiger charge is -2.24. The van der Waals surface area contributed by atoms with Crippen LogP contribution in [0.2, 0.25) is 0 Å². The van der Waals surface area contributed by atoms with Gasteiger partial charge in [0.05, 0.1) is 12.9 Å². The molecule has 0 aliphatic rings. The van der Waals surface area contributed by atoms with Crippen molar-refractivity contribution in [1.82, 2.24) is 25.9 Å². The lowest BCUT2D eigenvalue weighted by Crippen LogP contribution is -2.56. The predicted octanol–water partition coefficient (Wildman–Crippen LogP) is -2.56. The number of hydrogen-bond acceptors (Lipinski definition) is 8. The first-order valence-corrected chi connectivity index (χ1v) is 10.4. The first-order chi connectivity index (χ1) is 15.7. The van der Waals surface area contributed by atoms with Crippen molar-refractivity contribution >= 4 is 29.7 Å². The highest BCUT2D eigenvalue weighted by Gasteiger charge is 2.29. The molecule has 3 unspecified atom stereocenters. The van der Waals surface area contributed by atoms with E-state index in [4.69, 9.17) is 16.6 Å². The SMILES string of the molecule is NCCCCC(NC(=O)C(Cc1cnc[nH]1)NC(=O)CN)C(=O)NC(CCC(=O)O)C(=O)O. The predicted molar refractivity (Wildman–Crippen MR) is 115 cm³/mol. The van der Waals surface area contributed by atoms with E-state index in [1.807, 2.05) is 0 Å². The average Bonchev–Trinajstić information content (AvgIpc) is 3.27. The zero-order valence-electron chi connectivity index (χ0n) is 18.1. The Labute approximate surface area is 189 Å². The number of nitrogens with one attached hydrogen (secondary N) is 4. The molecule has 1 rings (SSSR count). The summed E-state index contributed by atoms with van der Waals surface area (Å²) in [4.78, 5) is 66.3. The van der Waals surface area contributed by atoms with Crippen LogP contribution in [0.15, 0.2) is 12.5 Å². The monoisotopic (exact) mass is 469 g/mol. The van der Waals surface area contributed by atoms with Gasteiger partial charge < -0.3 is 42.6 Å². The van der Waals surface area contributed by atoms with Gasteiger partial charge in [0.2, 0.25) is 17.7 Å². The van der Waals surface area contributed by atoms with E-state index in [9.17, 15) is 29.1 Å². The number of nitrogens with zero attached hydrogens (tertiary/aromatic N) is 1. The van der Waals surface area contributed by atoms with Crippen LogP contribution in [0.4, 0.5) is 0 Å². The van der Waals surface area contributed by atoms with Gasteiger partial charge in [-0.1, -0.05) is 0 Å². The van der Waals surface area contributed by atoms with Crippen molar-refractivity contribution in [1.29, 1.82) is 0 Å². The molecule has 0 saturated heterocycles. The van der Waals surface area contributed by atoms with Crippen LogP contribution in [0.5, 0.6) is 0 Å². The fourth-order valence-corrected chi connectivity index (χ4v) is 2.91. The molecule has 1 heterocycles. The normalized spacial score (nSPS) is 13.4. The second kappa shape index (κ2) is 14.5. The Morgan fingerprint density at radius 1 is 0.939 bits per heavy atom. The number of carbonyl (C=O) groups excluding carboxylic acids is 3. The molecule has 3 atom stereocenters. The number of carboxylic acid groups (broad SMARTS) is 2. The van der Waals surface area contributed by atoms with E-state index in [-0.39, 0.29) is 25.8 Å². The molecule has 33 heavy (non-hydrogen) atoms. The smallest absolute Gasteiger partial charge is 0.326 e. The van der Waals surface area contributed by atoms with E-state index >= 15 is 0 Å². The van der Waals surface area contributed by atoms with Gasteiger partial charge >= 0.3 is 11.9 Å². The summed E-state index contributed by atoms with van der Waals surface area (Å²) in [6.45, 7) is 0.00466. The minimum atomic E-state index is -1.44. The number of amides is 3. The molecule has 0 spiro atoms. The maximum atomic E-state index is 12.9. The van der Waals surface area contributed by atoms with Crippen LogP contribution >= 0.6 is 0 Å².